The third-order valence-electron chi connectivity index (χ3n) is 2.17. The molecule has 2 heteroatoms. The van der Waals surface area contributed by atoms with Crippen molar-refractivity contribution in [3.05, 3.63) is 71.0 Å². The summed E-state index contributed by atoms with van der Waals surface area (Å²) >= 11 is 0. The molecule has 0 nitrogen and oxygen atoms in total. The zero-order chi connectivity index (χ0) is 11.4. The van der Waals surface area contributed by atoms with Gasteiger partial charge in [0.15, 0.2) is 0 Å². The summed E-state index contributed by atoms with van der Waals surface area (Å²) in [6, 6.07) is 15.0. The molecule has 2 aromatic rings. The van der Waals surface area contributed by atoms with Crippen LogP contribution in [0.25, 0.3) is 0 Å². The molecule has 0 saturated carbocycles. The predicted molar refractivity (Wildman–Crippen MR) is 62.4 cm³/mol. The van der Waals surface area contributed by atoms with Crippen molar-refractivity contribution in [2.75, 3.05) is 0 Å². The van der Waals surface area contributed by atoms with Crippen molar-refractivity contribution < 1.29 is 62.6 Å². The first-order chi connectivity index (χ1) is 7.74. The van der Waals surface area contributed by atoms with Crippen LogP contribution in [0, 0.1) is 30.6 Å². The summed E-state index contributed by atoms with van der Waals surface area (Å²) in [5.41, 5.74) is 2.79. The van der Waals surface area contributed by atoms with Gasteiger partial charge in [0.25, 0.3) is 0 Å². The van der Waals surface area contributed by atoms with E-state index in [0.29, 0.717) is 5.56 Å². The third kappa shape index (κ3) is 4.85. The normalized spacial score (nSPS) is 8.82. The number of hydrogen-bond acceptors (Lipinski definition) is 0. The van der Waals surface area contributed by atoms with E-state index in [0.717, 1.165) is 5.56 Å². The molecular weight excluding hydrogens is 285 g/mol. The van der Waals surface area contributed by atoms with Crippen LogP contribution in [0.4, 0.5) is 4.39 Å². The number of halogens is 1. The smallest absolute Gasteiger partial charge is 0.236 e. The Kier molecular flexibility index (Phi) is 6.29. The van der Waals surface area contributed by atoms with E-state index in [1.54, 1.807) is 6.07 Å². The molecule has 0 heterocycles. The fraction of sp³-hybridized carbons (Fsp3) is 0.0667. The average Bonchev–Trinajstić information content (AvgIpc) is 2.28. The Labute approximate surface area is 150 Å². The molecule has 0 aromatic heterocycles. The molecule has 0 spiro atoms. The van der Waals surface area contributed by atoms with E-state index < -0.39 is 0 Å². The second-order valence-corrected chi connectivity index (χ2v) is 3.54. The minimum absolute atomic E-state index is 0. The molecular formula is C15H10FRb. The number of aryl methyl sites for hydroxylation is 1. The van der Waals surface area contributed by atoms with E-state index in [-0.39, 0.29) is 64.0 Å². The predicted octanol–water partition coefficient (Wildman–Crippen LogP) is 0.338. The first-order valence-electron chi connectivity index (χ1n) is 5.00. The summed E-state index contributed by atoms with van der Waals surface area (Å²) < 4.78 is 12.8. The van der Waals surface area contributed by atoms with Crippen molar-refractivity contribution in [3.8, 4) is 11.8 Å². The van der Waals surface area contributed by atoms with E-state index in [4.69, 9.17) is 0 Å². The van der Waals surface area contributed by atoms with Gasteiger partial charge in [-0.25, -0.2) is 4.39 Å². The second kappa shape index (κ2) is 7.23. The maximum Gasteiger partial charge on any atom is 1.00 e. The zero-order valence-electron chi connectivity index (χ0n) is 9.92. The largest absolute Gasteiger partial charge is 1.00 e. The van der Waals surface area contributed by atoms with Crippen LogP contribution in [-0.2, 0) is 0 Å². The summed E-state index contributed by atoms with van der Waals surface area (Å²) in [5.74, 6) is 5.52. The SMILES string of the molecule is Cc1ccc(C#Cc2cc[c-]c(F)c2)cc1.[Rb+]. The van der Waals surface area contributed by atoms with Crippen LogP contribution in [0.2, 0.25) is 0 Å². The van der Waals surface area contributed by atoms with Crippen molar-refractivity contribution in [1.82, 2.24) is 0 Å². The van der Waals surface area contributed by atoms with Crippen molar-refractivity contribution in [2.45, 2.75) is 6.92 Å². The molecule has 0 unspecified atom stereocenters. The molecule has 0 N–H and O–H groups in total. The van der Waals surface area contributed by atoms with Gasteiger partial charge in [-0.2, -0.15) is 12.1 Å². The monoisotopic (exact) mass is 294 g/mol. The van der Waals surface area contributed by atoms with Gasteiger partial charge in [0.2, 0.25) is 0 Å². The molecule has 0 aliphatic heterocycles. The Hall–Kier alpha value is -0.265. The van der Waals surface area contributed by atoms with E-state index >= 15 is 0 Å². The zero-order valence-corrected chi connectivity index (χ0v) is 14.8. The van der Waals surface area contributed by atoms with Crippen molar-refractivity contribution >= 4 is 0 Å². The second-order valence-electron chi connectivity index (χ2n) is 3.54. The summed E-state index contributed by atoms with van der Waals surface area (Å²) in [4.78, 5) is 0. The molecule has 0 saturated heterocycles. The molecule has 0 fully saturated rings. The Morgan fingerprint density at radius 2 is 1.65 bits per heavy atom. The van der Waals surface area contributed by atoms with Crippen LogP contribution >= 0.6 is 0 Å². The number of benzene rings is 2. The number of hydrogen-bond donors (Lipinski definition) is 0. The van der Waals surface area contributed by atoms with E-state index in [2.05, 4.69) is 17.9 Å². The van der Waals surface area contributed by atoms with Gasteiger partial charge in [-0.1, -0.05) is 35.1 Å². The van der Waals surface area contributed by atoms with Crippen molar-refractivity contribution in [1.29, 1.82) is 0 Å². The fourth-order valence-electron chi connectivity index (χ4n) is 1.30. The fourth-order valence-corrected chi connectivity index (χ4v) is 1.30. The molecule has 0 bridgehead atoms. The van der Waals surface area contributed by atoms with E-state index in [1.165, 1.54) is 17.7 Å². The van der Waals surface area contributed by atoms with Crippen LogP contribution in [0.1, 0.15) is 16.7 Å². The Morgan fingerprint density at radius 3 is 2.29 bits per heavy atom. The van der Waals surface area contributed by atoms with Gasteiger partial charge in [0.1, 0.15) is 0 Å². The Balaban J connectivity index is 0.00000144. The van der Waals surface area contributed by atoms with Gasteiger partial charge in [-0.05, 0) is 19.1 Å². The first kappa shape index (κ1) is 14.8. The summed E-state index contributed by atoms with van der Waals surface area (Å²) in [5, 5.41) is 0. The van der Waals surface area contributed by atoms with Crippen LogP contribution < -0.4 is 58.2 Å². The summed E-state index contributed by atoms with van der Waals surface area (Å²) in [6.07, 6.45) is 0. The van der Waals surface area contributed by atoms with Crippen LogP contribution in [-0.4, -0.2) is 0 Å². The average molecular weight is 295 g/mol. The quantitative estimate of drug-likeness (QED) is 0.485. The maximum atomic E-state index is 12.8. The van der Waals surface area contributed by atoms with E-state index in [9.17, 15) is 4.39 Å². The molecule has 0 amide bonds. The first-order valence-corrected chi connectivity index (χ1v) is 5.00. The molecule has 0 radical (unpaired) electrons. The maximum absolute atomic E-state index is 12.8. The Morgan fingerprint density at radius 1 is 1.00 bits per heavy atom. The van der Waals surface area contributed by atoms with Crippen molar-refractivity contribution in [2.24, 2.45) is 0 Å². The van der Waals surface area contributed by atoms with Gasteiger partial charge in [0, 0.05) is 11.4 Å². The molecule has 17 heavy (non-hydrogen) atoms. The van der Waals surface area contributed by atoms with Gasteiger partial charge in [0.05, 0.1) is 0 Å². The minimum Gasteiger partial charge on any atom is -0.236 e. The standard InChI is InChI=1S/C15H10F.Rb/c1-12-5-7-13(8-6-12)9-10-14-3-2-4-15(16)11-14;/h2-3,5-8,11H,1H3;/q-1;+1. The van der Waals surface area contributed by atoms with Crippen molar-refractivity contribution in [3.63, 3.8) is 0 Å². The van der Waals surface area contributed by atoms with Gasteiger partial charge >= 0.3 is 58.2 Å². The molecule has 2 rings (SSSR count). The molecule has 0 atom stereocenters. The van der Waals surface area contributed by atoms with E-state index in [1.807, 2.05) is 31.2 Å². The molecule has 0 aliphatic carbocycles. The minimum atomic E-state index is -0.379. The summed E-state index contributed by atoms with van der Waals surface area (Å²) in [6.45, 7) is 2.03. The molecule has 78 valence electrons. The van der Waals surface area contributed by atoms with Gasteiger partial charge in [-0.15, -0.1) is 12.1 Å². The van der Waals surface area contributed by atoms with Crippen LogP contribution in [0.3, 0.4) is 0 Å². The topological polar surface area (TPSA) is 0 Å². The molecule has 0 aliphatic rings. The van der Waals surface area contributed by atoms with Crippen LogP contribution in [0.5, 0.6) is 0 Å². The Bertz CT molecular complexity index is 547. The van der Waals surface area contributed by atoms with Crippen LogP contribution in [0.15, 0.2) is 42.5 Å². The molecule has 2 aromatic carbocycles. The van der Waals surface area contributed by atoms with Gasteiger partial charge < -0.3 is 0 Å². The van der Waals surface area contributed by atoms with Gasteiger partial charge in [-0.3, -0.25) is 0 Å². The number of rotatable bonds is 0. The third-order valence-corrected chi connectivity index (χ3v) is 2.17. The summed E-state index contributed by atoms with van der Waals surface area (Å²) in [7, 11) is 0.